The third-order valence-electron chi connectivity index (χ3n) is 5.50. The van der Waals surface area contributed by atoms with Crippen molar-refractivity contribution < 1.29 is 28.9 Å². The van der Waals surface area contributed by atoms with Gasteiger partial charge in [0.2, 0.25) is 0 Å². The van der Waals surface area contributed by atoms with Crippen molar-refractivity contribution in [1.82, 2.24) is 5.06 Å². The van der Waals surface area contributed by atoms with E-state index >= 15 is 0 Å². The van der Waals surface area contributed by atoms with Crippen LogP contribution in [-0.2, 0) is 9.53 Å². The number of rotatable bonds is 13. The zero-order valence-corrected chi connectivity index (χ0v) is 22.4. The summed E-state index contributed by atoms with van der Waals surface area (Å²) < 4.78 is 16.1. The van der Waals surface area contributed by atoms with Gasteiger partial charge < -0.3 is 24.2 Å². The quantitative estimate of drug-likeness (QED) is 0.108. The number of thioether (sulfide) groups is 1. The molecule has 0 heterocycles. The molecule has 1 unspecified atom stereocenters. The number of aliphatic hydroxyl groups excluding tert-OH is 1. The molecule has 0 amide bonds. The van der Waals surface area contributed by atoms with Crippen LogP contribution in [0.1, 0.15) is 18.1 Å². The van der Waals surface area contributed by atoms with E-state index in [9.17, 15) is 9.90 Å². The molecular weight excluding hydrogens is 490 g/mol. The summed E-state index contributed by atoms with van der Waals surface area (Å²) in [6.45, 7) is 2.82. The zero-order valence-electron chi connectivity index (χ0n) is 21.5. The van der Waals surface area contributed by atoms with Crippen molar-refractivity contribution in [1.29, 1.82) is 0 Å². The molecule has 8 heteroatoms. The van der Waals surface area contributed by atoms with Crippen molar-refractivity contribution in [3.63, 3.8) is 0 Å². The number of hydroxylamine groups is 2. The highest BCUT2D eigenvalue weighted by molar-refractivity contribution is 7.98. The number of carbonyl (C=O) groups excluding carboxylic acids is 1. The number of hydrogen-bond donors (Lipinski definition) is 1. The normalized spacial score (nSPS) is 12.2. The number of benzene rings is 3. The lowest BCUT2D eigenvalue weighted by molar-refractivity contribution is -0.133. The van der Waals surface area contributed by atoms with Gasteiger partial charge >= 0.3 is 5.97 Å². The Balaban J connectivity index is 1.61. The Bertz CT molecular complexity index is 1160. The fraction of sp³-hybridized carbons (Fsp3) is 0.276. The Kier molecular flexibility index (Phi) is 10.9. The van der Waals surface area contributed by atoms with E-state index in [0.717, 1.165) is 10.5 Å². The van der Waals surface area contributed by atoms with Gasteiger partial charge in [-0.2, -0.15) is 0 Å². The molecule has 1 N–H and O–H groups in total. The minimum absolute atomic E-state index is 0.0760. The van der Waals surface area contributed by atoms with Crippen LogP contribution < -0.4 is 14.3 Å². The van der Waals surface area contributed by atoms with Gasteiger partial charge in [0.25, 0.3) is 0 Å². The lowest BCUT2D eigenvalue weighted by Crippen LogP contribution is -2.37. The summed E-state index contributed by atoms with van der Waals surface area (Å²) in [7, 11) is 2.95. The Morgan fingerprint density at radius 3 is 2.27 bits per heavy atom. The number of nitrogens with zero attached hydrogens (tertiary/aromatic N) is 1. The second-order valence-electron chi connectivity index (χ2n) is 8.03. The smallest absolute Gasteiger partial charge is 0.338 e. The monoisotopic (exact) mass is 523 g/mol. The molecule has 3 rings (SSSR count). The summed E-state index contributed by atoms with van der Waals surface area (Å²) in [5.74, 6) is 1.34. The van der Waals surface area contributed by atoms with E-state index in [2.05, 4.69) is 0 Å². The van der Waals surface area contributed by atoms with Crippen molar-refractivity contribution >= 4 is 29.4 Å². The number of methoxy groups -OCH3 is 2. The topological polar surface area (TPSA) is 77.5 Å². The van der Waals surface area contributed by atoms with Gasteiger partial charge in [-0.25, -0.2) is 4.79 Å². The molecule has 3 aromatic rings. The van der Waals surface area contributed by atoms with Gasteiger partial charge in [0.1, 0.15) is 18.5 Å². The Morgan fingerprint density at radius 2 is 1.68 bits per heavy atom. The number of aliphatic hydroxyl groups is 1. The number of carbonyl (C=O) groups is 1. The van der Waals surface area contributed by atoms with E-state index in [1.165, 1.54) is 7.11 Å². The zero-order chi connectivity index (χ0) is 26.6. The minimum atomic E-state index is -0.788. The second kappa shape index (κ2) is 14.3. The van der Waals surface area contributed by atoms with Gasteiger partial charge in [-0.3, -0.25) is 0 Å². The maximum atomic E-state index is 12.5. The van der Waals surface area contributed by atoms with Crippen LogP contribution in [0.15, 0.2) is 77.7 Å². The predicted octanol–water partition coefficient (Wildman–Crippen LogP) is 5.19. The van der Waals surface area contributed by atoms with E-state index in [1.54, 1.807) is 54.3 Å². The largest absolute Gasteiger partial charge is 0.493 e. The first-order chi connectivity index (χ1) is 18.0. The van der Waals surface area contributed by atoms with E-state index in [-0.39, 0.29) is 13.2 Å². The summed E-state index contributed by atoms with van der Waals surface area (Å²) >= 11 is 1.66. The molecule has 0 radical (unpaired) electrons. The summed E-state index contributed by atoms with van der Waals surface area (Å²) in [6.07, 6.45) is 3.03. The summed E-state index contributed by atoms with van der Waals surface area (Å²) in [4.78, 5) is 19.5. The van der Waals surface area contributed by atoms with Crippen LogP contribution in [0.4, 0.5) is 0 Å². The fourth-order valence-electron chi connectivity index (χ4n) is 3.51. The minimum Gasteiger partial charge on any atom is -0.493 e. The highest BCUT2D eigenvalue weighted by Gasteiger charge is 2.16. The van der Waals surface area contributed by atoms with Crippen LogP contribution in [0.25, 0.3) is 11.6 Å². The predicted molar refractivity (Wildman–Crippen MR) is 147 cm³/mol. The first-order valence-electron chi connectivity index (χ1n) is 11.9. The van der Waals surface area contributed by atoms with E-state index in [0.29, 0.717) is 34.9 Å². The van der Waals surface area contributed by atoms with E-state index in [1.807, 2.05) is 61.7 Å². The van der Waals surface area contributed by atoms with Crippen LogP contribution >= 0.6 is 11.8 Å². The van der Waals surface area contributed by atoms with E-state index < -0.39 is 12.1 Å². The number of hydrogen-bond acceptors (Lipinski definition) is 8. The third-order valence-corrected chi connectivity index (χ3v) is 6.25. The van der Waals surface area contributed by atoms with Crippen molar-refractivity contribution in [3.8, 4) is 17.2 Å². The first-order valence-corrected chi connectivity index (χ1v) is 13.1. The highest BCUT2D eigenvalue weighted by atomic mass is 32.2. The molecule has 3 aromatic carbocycles. The lowest BCUT2D eigenvalue weighted by Gasteiger charge is -2.24. The maximum Gasteiger partial charge on any atom is 0.338 e. The molecule has 0 aliphatic heterocycles. The average molecular weight is 524 g/mol. The van der Waals surface area contributed by atoms with Crippen LogP contribution in [0.2, 0.25) is 0 Å². The van der Waals surface area contributed by atoms with Gasteiger partial charge in [0, 0.05) is 11.4 Å². The van der Waals surface area contributed by atoms with Gasteiger partial charge in [0.05, 0.1) is 26.3 Å². The summed E-state index contributed by atoms with van der Waals surface area (Å²) in [5.41, 5.74) is 2.05. The molecule has 7 nitrogen and oxygen atoms in total. The molecule has 0 bridgehead atoms. The van der Waals surface area contributed by atoms with Gasteiger partial charge in [-0.05, 0) is 66.8 Å². The van der Waals surface area contributed by atoms with Crippen LogP contribution in [0.3, 0.4) is 0 Å². The van der Waals surface area contributed by atoms with Gasteiger partial charge in [-0.1, -0.05) is 36.4 Å². The standard InChI is InChI=1S/C29H33NO6S/c1-5-30(36-28-9-7-6-8-27(28)33-2)19-23(31)20-35-24-14-12-22(13-15-24)26(29(32)34-3)18-21-10-16-25(37-4)17-11-21/h6-18,23,31H,5,19-20H2,1-4H3/b26-18-. The Morgan fingerprint density at radius 1 is 1.00 bits per heavy atom. The van der Waals surface area contributed by atoms with Crippen molar-refractivity contribution in [2.45, 2.75) is 17.9 Å². The SMILES string of the molecule is CCN(CC(O)COc1ccc(/C(=C/c2ccc(SC)cc2)C(=O)OC)cc1)Oc1ccccc1OC. The Hall–Kier alpha value is -3.46. The molecule has 0 aliphatic rings. The number of likely N-dealkylation sites (N-methyl/N-ethyl adjacent to an activating group) is 1. The molecule has 196 valence electrons. The number of para-hydroxylation sites is 2. The molecule has 0 saturated carbocycles. The molecule has 0 aliphatic carbocycles. The molecule has 0 fully saturated rings. The first kappa shape index (κ1) is 28.1. The Labute approximate surface area is 222 Å². The molecule has 0 spiro atoms. The number of esters is 1. The van der Waals surface area contributed by atoms with Crippen LogP contribution in [0, 0.1) is 0 Å². The summed E-state index contributed by atoms with van der Waals surface area (Å²) in [6, 6.07) is 22.4. The molecular formula is C29H33NO6S. The van der Waals surface area contributed by atoms with Crippen molar-refractivity contribution in [3.05, 3.63) is 83.9 Å². The van der Waals surface area contributed by atoms with Crippen molar-refractivity contribution in [2.75, 3.05) is 40.2 Å². The molecule has 37 heavy (non-hydrogen) atoms. The molecule has 0 aromatic heterocycles. The van der Waals surface area contributed by atoms with E-state index in [4.69, 9.17) is 19.0 Å². The summed E-state index contributed by atoms with van der Waals surface area (Å²) in [5, 5.41) is 12.2. The average Bonchev–Trinajstić information content (AvgIpc) is 2.95. The van der Waals surface area contributed by atoms with Crippen molar-refractivity contribution in [2.24, 2.45) is 0 Å². The highest BCUT2D eigenvalue weighted by Crippen LogP contribution is 2.27. The fourth-order valence-corrected chi connectivity index (χ4v) is 3.92. The van der Waals surface area contributed by atoms with Gasteiger partial charge in [0.15, 0.2) is 11.5 Å². The van der Waals surface area contributed by atoms with Crippen LogP contribution in [-0.4, -0.2) is 62.4 Å². The number of ether oxygens (including phenoxy) is 3. The molecule has 1 atom stereocenters. The van der Waals surface area contributed by atoms with Crippen LogP contribution in [0.5, 0.6) is 17.2 Å². The lowest BCUT2D eigenvalue weighted by atomic mass is 10.0. The third kappa shape index (κ3) is 8.28. The molecule has 0 saturated heterocycles. The maximum absolute atomic E-state index is 12.5. The second-order valence-corrected chi connectivity index (χ2v) is 8.91. The van der Waals surface area contributed by atoms with Gasteiger partial charge in [-0.15, -0.1) is 16.8 Å².